The van der Waals surface area contributed by atoms with Crippen LogP contribution in [-0.2, 0) is 7.05 Å². The molecule has 1 aromatic heterocycles. The molecule has 3 rings (SSSR count). The van der Waals surface area contributed by atoms with Crippen LogP contribution in [0.2, 0.25) is 0 Å². The quantitative estimate of drug-likeness (QED) is 0.639. The van der Waals surface area contributed by atoms with Crippen molar-refractivity contribution in [1.82, 2.24) is 4.57 Å². The molecule has 0 unspecified atom stereocenters. The summed E-state index contributed by atoms with van der Waals surface area (Å²) in [5.41, 5.74) is 6.19. The van der Waals surface area contributed by atoms with Gasteiger partial charge in [-0.3, -0.25) is 4.79 Å². The van der Waals surface area contributed by atoms with Crippen LogP contribution in [0.1, 0.15) is 32.6 Å². The second-order valence-electron chi connectivity index (χ2n) is 5.80. The third-order valence-corrected chi connectivity index (χ3v) is 4.16. The molecule has 0 fully saturated rings. The number of rotatable bonds is 2. The number of fused-ring (bicyclic) bond motifs is 1. The van der Waals surface area contributed by atoms with Crippen LogP contribution in [0.5, 0.6) is 0 Å². The molecule has 0 spiro atoms. The molecular formula is C19H19NO. The predicted octanol–water partition coefficient (Wildman–Crippen LogP) is 4.33. The lowest BCUT2D eigenvalue weighted by Gasteiger charge is -2.04. The van der Waals surface area contributed by atoms with Gasteiger partial charge in [0.1, 0.15) is 0 Å². The van der Waals surface area contributed by atoms with Gasteiger partial charge in [0.05, 0.1) is 0 Å². The van der Waals surface area contributed by atoms with E-state index in [-0.39, 0.29) is 5.78 Å². The monoisotopic (exact) mass is 277 g/mol. The zero-order chi connectivity index (χ0) is 15.1. The first-order valence-corrected chi connectivity index (χ1v) is 7.15. The first-order chi connectivity index (χ1) is 9.97. The lowest BCUT2D eigenvalue weighted by Crippen LogP contribution is -2.01. The maximum Gasteiger partial charge on any atom is 0.195 e. The van der Waals surface area contributed by atoms with Crippen LogP contribution in [0.15, 0.2) is 42.6 Å². The standard InChI is InChI=1S/C19H19NO/c1-12-5-8-16-17(11-20(4)18(16)9-12)19(21)15-7-6-13(2)14(3)10-15/h5-11H,1-4H3. The molecular weight excluding hydrogens is 258 g/mol. The molecule has 0 bridgehead atoms. The van der Waals surface area contributed by atoms with E-state index in [0.29, 0.717) is 0 Å². The van der Waals surface area contributed by atoms with Crippen LogP contribution in [0.25, 0.3) is 10.9 Å². The average Bonchev–Trinajstić information content (AvgIpc) is 2.78. The molecule has 0 N–H and O–H groups in total. The number of benzene rings is 2. The van der Waals surface area contributed by atoms with Crippen LogP contribution in [0.3, 0.4) is 0 Å². The summed E-state index contributed by atoms with van der Waals surface area (Å²) >= 11 is 0. The van der Waals surface area contributed by atoms with E-state index >= 15 is 0 Å². The van der Waals surface area contributed by atoms with Crippen molar-refractivity contribution in [2.45, 2.75) is 20.8 Å². The molecule has 0 saturated carbocycles. The molecule has 0 aliphatic heterocycles. The number of ketones is 1. The zero-order valence-corrected chi connectivity index (χ0v) is 12.9. The Morgan fingerprint density at radius 1 is 0.952 bits per heavy atom. The fourth-order valence-corrected chi connectivity index (χ4v) is 2.71. The van der Waals surface area contributed by atoms with E-state index in [0.717, 1.165) is 27.6 Å². The number of hydrogen-bond donors (Lipinski definition) is 0. The highest BCUT2D eigenvalue weighted by atomic mass is 16.1. The minimum atomic E-state index is 0.0903. The smallest absolute Gasteiger partial charge is 0.195 e. The van der Waals surface area contributed by atoms with Crippen molar-refractivity contribution in [3.63, 3.8) is 0 Å². The molecule has 1 heterocycles. The number of carbonyl (C=O) groups is 1. The second-order valence-corrected chi connectivity index (χ2v) is 5.80. The van der Waals surface area contributed by atoms with Gasteiger partial charge in [-0.05, 0) is 49.6 Å². The normalized spacial score (nSPS) is 11.0. The molecule has 0 aliphatic carbocycles. The Morgan fingerprint density at radius 2 is 1.71 bits per heavy atom. The number of hydrogen-bond acceptors (Lipinski definition) is 1. The van der Waals surface area contributed by atoms with E-state index in [4.69, 9.17) is 0 Å². The zero-order valence-electron chi connectivity index (χ0n) is 12.9. The molecule has 3 aromatic rings. The number of nitrogens with zero attached hydrogens (tertiary/aromatic N) is 1. The van der Waals surface area contributed by atoms with E-state index in [9.17, 15) is 4.79 Å². The van der Waals surface area contributed by atoms with Crippen molar-refractivity contribution >= 4 is 16.7 Å². The molecule has 2 nitrogen and oxygen atoms in total. The highest BCUT2D eigenvalue weighted by Gasteiger charge is 2.16. The number of aromatic nitrogens is 1. The van der Waals surface area contributed by atoms with Crippen molar-refractivity contribution in [3.05, 3.63) is 70.4 Å². The van der Waals surface area contributed by atoms with Gasteiger partial charge in [0.25, 0.3) is 0 Å². The molecule has 0 atom stereocenters. The molecule has 0 radical (unpaired) electrons. The van der Waals surface area contributed by atoms with Crippen LogP contribution < -0.4 is 0 Å². The minimum absolute atomic E-state index is 0.0903. The van der Waals surface area contributed by atoms with Gasteiger partial charge in [0.15, 0.2) is 5.78 Å². The Kier molecular flexibility index (Phi) is 3.17. The second kappa shape index (κ2) is 4.88. The molecule has 0 saturated heterocycles. The van der Waals surface area contributed by atoms with Crippen LogP contribution in [-0.4, -0.2) is 10.4 Å². The molecule has 2 aromatic carbocycles. The average molecular weight is 277 g/mol. The number of aryl methyl sites for hydroxylation is 4. The highest BCUT2D eigenvalue weighted by molar-refractivity contribution is 6.16. The van der Waals surface area contributed by atoms with Gasteiger partial charge in [-0.1, -0.05) is 24.3 Å². The van der Waals surface area contributed by atoms with Gasteiger partial charge in [0, 0.05) is 35.3 Å². The van der Waals surface area contributed by atoms with Crippen LogP contribution >= 0.6 is 0 Å². The molecule has 106 valence electrons. The summed E-state index contributed by atoms with van der Waals surface area (Å²) in [6.07, 6.45) is 1.93. The topological polar surface area (TPSA) is 22.0 Å². The summed E-state index contributed by atoms with van der Waals surface area (Å²) in [5, 5.41) is 1.02. The van der Waals surface area contributed by atoms with Crippen molar-refractivity contribution in [3.8, 4) is 0 Å². The Labute approximate surface area is 125 Å². The molecule has 21 heavy (non-hydrogen) atoms. The van der Waals surface area contributed by atoms with Gasteiger partial charge in [-0.2, -0.15) is 0 Å². The highest BCUT2D eigenvalue weighted by Crippen LogP contribution is 2.25. The Morgan fingerprint density at radius 3 is 2.43 bits per heavy atom. The summed E-state index contributed by atoms with van der Waals surface area (Å²) in [7, 11) is 1.99. The Bertz CT molecular complexity index is 855. The summed E-state index contributed by atoms with van der Waals surface area (Å²) in [5.74, 6) is 0.0903. The first-order valence-electron chi connectivity index (χ1n) is 7.15. The SMILES string of the molecule is Cc1ccc2c(C(=O)c3ccc(C)c(C)c3)cn(C)c2c1. The van der Waals surface area contributed by atoms with Crippen molar-refractivity contribution in [2.24, 2.45) is 7.05 Å². The molecule has 2 heteroatoms. The van der Waals surface area contributed by atoms with Gasteiger partial charge in [-0.15, -0.1) is 0 Å². The van der Waals surface area contributed by atoms with E-state index in [2.05, 4.69) is 26.0 Å². The predicted molar refractivity (Wildman–Crippen MR) is 87.0 cm³/mol. The Hall–Kier alpha value is -2.35. The summed E-state index contributed by atoms with van der Waals surface area (Å²) in [4.78, 5) is 12.8. The van der Waals surface area contributed by atoms with E-state index in [1.165, 1.54) is 11.1 Å². The maximum absolute atomic E-state index is 12.8. The largest absolute Gasteiger partial charge is 0.350 e. The maximum atomic E-state index is 12.8. The summed E-state index contributed by atoms with van der Waals surface area (Å²) in [6.45, 7) is 6.17. The van der Waals surface area contributed by atoms with E-state index < -0.39 is 0 Å². The van der Waals surface area contributed by atoms with Crippen LogP contribution in [0, 0.1) is 20.8 Å². The molecule has 0 amide bonds. The molecule has 0 aliphatic rings. The fraction of sp³-hybridized carbons (Fsp3) is 0.211. The third-order valence-electron chi connectivity index (χ3n) is 4.16. The number of carbonyl (C=O) groups excluding carboxylic acids is 1. The van der Waals surface area contributed by atoms with Gasteiger partial charge >= 0.3 is 0 Å². The van der Waals surface area contributed by atoms with Crippen LogP contribution in [0.4, 0.5) is 0 Å². The lowest BCUT2D eigenvalue weighted by atomic mass is 9.99. The Balaban J connectivity index is 2.15. The summed E-state index contributed by atoms with van der Waals surface area (Å²) < 4.78 is 2.02. The lowest BCUT2D eigenvalue weighted by molar-refractivity contribution is 0.104. The van der Waals surface area contributed by atoms with Gasteiger partial charge < -0.3 is 4.57 Å². The van der Waals surface area contributed by atoms with Gasteiger partial charge in [0.2, 0.25) is 0 Å². The fourth-order valence-electron chi connectivity index (χ4n) is 2.71. The first kappa shape index (κ1) is 13.6. The van der Waals surface area contributed by atoms with Gasteiger partial charge in [-0.25, -0.2) is 0 Å². The minimum Gasteiger partial charge on any atom is -0.350 e. The van der Waals surface area contributed by atoms with Crippen molar-refractivity contribution in [2.75, 3.05) is 0 Å². The van der Waals surface area contributed by atoms with E-state index in [1.54, 1.807) is 0 Å². The van der Waals surface area contributed by atoms with Crippen molar-refractivity contribution in [1.29, 1.82) is 0 Å². The van der Waals surface area contributed by atoms with Crippen molar-refractivity contribution < 1.29 is 4.79 Å². The van der Waals surface area contributed by atoms with E-state index in [1.807, 2.05) is 49.0 Å². The summed E-state index contributed by atoms with van der Waals surface area (Å²) in [6, 6.07) is 12.1. The third kappa shape index (κ3) is 2.27.